The van der Waals surface area contributed by atoms with Crippen LogP contribution >= 0.6 is 0 Å². The Balaban J connectivity index is 1.55. The fraction of sp³-hybridized carbons (Fsp3) is 0.286. The Labute approximate surface area is 157 Å². The number of amides is 1. The van der Waals surface area contributed by atoms with E-state index in [1.165, 1.54) is 0 Å². The molecule has 27 heavy (non-hydrogen) atoms. The number of carbonyl (C=O) groups excluding carboxylic acids is 1. The lowest BCUT2D eigenvalue weighted by atomic mass is 10.1. The summed E-state index contributed by atoms with van der Waals surface area (Å²) in [6, 6.07) is 15.5. The van der Waals surface area contributed by atoms with Gasteiger partial charge in [-0.15, -0.1) is 0 Å². The topological polar surface area (TPSA) is 68.5 Å². The minimum atomic E-state index is -0.0955. The largest absolute Gasteiger partial charge is 0.497 e. The summed E-state index contributed by atoms with van der Waals surface area (Å²) in [7, 11) is 1.63. The summed E-state index contributed by atoms with van der Waals surface area (Å²) in [5, 5.41) is 4.09. The van der Waals surface area contributed by atoms with Crippen LogP contribution in [-0.2, 0) is 11.2 Å². The Morgan fingerprint density at radius 2 is 1.96 bits per heavy atom. The van der Waals surface area contributed by atoms with Crippen LogP contribution in [0.4, 0.5) is 5.69 Å². The molecule has 1 aromatic heterocycles. The maximum atomic E-state index is 12.6. The van der Waals surface area contributed by atoms with Crippen LogP contribution in [0.1, 0.15) is 30.7 Å². The Hall–Kier alpha value is -3.15. The minimum absolute atomic E-state index is 0.0881. The third-order valence-electron chi connectivity index (χ3n) is 4.93. The van der Waals surface area contributed by atoms with Crippen LogP contribution in [0, 0.1) is 0 Å². The number of hydrogen-bond donors (Lipinski definition) is 0. The molecule has 1 aliphatic heterocycles. The summed E-state index contributed by atoms with van der Waals surface area (Å²) in [6.45, 7) is 2.65. The molecule has 0 bridgehead atoms. The number of aryl methyl sites for hydroxylation is 1. The minimum Gasteiger partial charge on any atom is -0.497 e. The first-order valence-corrected chi connectivity index (χ1v) is 9.06. The molecule has 0 spiro atoms. The zero-order chi connectivity index (χ0) is 18.8. The van der Waals surface area contributed by atoms with Crippen LogP contribution < -0.4 is 9.64 Å². The number of para-hydroxylation sites is 1. The number of benzene rings is 2. The Morgan fingerprint density at radius 1 is 1.19 bits per heavy atom. The zero-order valence-electron chi connectivity index (χ0n) is 15.4. The van der Waals surface area contributed by atoms with Gasteiger partial charge in [-0.25, -0.2) is 0 Å². The number of ether oxygens (including phenoxy) is 1. The van der Waals surface area contributed by atoms with Crippen LogP contribution in [0.3, 0.4) is 0 Å². The second kappa shape index (κ2) is 7.23. The summed E-state index contributed by atoms with van der Waals surface area (Å²) in [5.41, 5.74) is 2.99. The van der Waals surface area contributed by atoms with Gasteiger partial charge >= 0.3 is 0 Å². The van der Waals surface area contributed by atoms with Crippen LogP contribution in [0.2, 0.25) is 0 Å². The second-order valence-electron chi connectivity index (χ2n) is 6.57. The van der Waals surface area contributed by atoms with E-state index < -0.39 is 0 Å². The van der Waals surface area contributed by atoms with Gasteiger partial charge in [-0.1, -0.05) is 30.3 Å². The van der Waals surface area contributed by atoms with Gasteiger partial charge in [0.05, 0.1) is 13.0 Å². The highest BCUT2D eigenvalue weighted by Gasteiger charge is 2.35. The van der Waals surface area contributed by atoms with Gasteiger partial charge in [0.1, 0.15) is 5.75 Å². The van der Waals surface area contributed by atoms with Crippen molar-refractivity contribution in [3.8, 4) is 17.1 Å². The highest BCUT2D eigenvalue weighted by molar-refractivity contribution is 5.97. The molecular formula is C21H21N3O3. The van der Waals surface area contributed by atoms with E-state index in [0.29, 0.717) is 24.7 Å². The van der Waals surface area contributed by atoms with Crippen molar-refractivity contribution >= 4 is 11.6 Å². The normalized spacial score (nSPS) is 16.7. The van der Waals surface area contributed by atoms with E-state index in [2.05, 4.69) is 23.1 Å². The number of aromatic nitrogens is 2. The van der Waals surface area contributed by atoms with Gasteiger partial charge in [-0.2, -0.15) is 4.98 Å². The van der Waals surface area contributed by atoms with Gasteiger partial charge in [0.25, 0.3) is 0 Å². The van der Waals surface area contributed by atoms with E-state index in [0.717, 1.165) is 29.0 Å². The van der Waals surface area contributed by atoms with Gasteiger partial charge in [0, 0.05) is 24.2 Å². The second-order valence-corrected chi connectivity index (χ2v) is 6.57. The predicted octanol–water partition coefficient (Wildman–Crippen LogP) is 3.83. The number of carbonyl (C=O) groups is 1. The fourth-order valence-corrected chi connectivity index (χ4v) is 3.44. The number of nitrogens with zero attached hydrogens (tertiary/aromatic N) is 3. The van der Waals surface area contributed by atoms with E-state index in [4.69, 9.17) is 9.26 Å². The number of hydrogen-bond acceptors (Lipinski definition) is 5. The van der Waals surface area contributed by atoms with Crippen molar-refractivity contribution < 1.29 is 14.1 Å². The van der Waals surface area contributed by atoms with Crippen molar-refractivity contribution in [2.24, 2.45) is 0 Å². The van der Waals surface area contributed by atoms with E-state index in [-0.39, 0.29) is 11.8 Å². The Kier molecular flexibility index (Phi) is 4.62. The average molecular weight is 363 g/mol. The van der Waals surface area contributed by atoms with Crippen molar-refractivity contribution in [3.05, 3.63) is 60.0 Å². The summed E-state index contributed by atoms with van der Waals surface area (Å²) in [6.07, 6.45) is 1.26. The lowest BCUT2D eigenvalue weighted by Crippen LogP contribution is -2.25. The first-order valence-electron chi connectivity index (χ1n) is 9.06. The monoisotopic (exact) mass is 363 g/mol. The molecule has 1 aliphatic rings. The summed E-state index contributed by atoms with van der Waals surface area (Å²) >= 11 is 0. The molecule has 6 nitrogen and oxygen atoms in total. The first kappa shape index (κ1) is 17.3. The highest BCUT2D eigenvalue weighted by atomic mass is 16.5. The van der Waals surface area contributed by atoms with Crippen molar-refractivity contribution in [2.45, 2.75) is 25.7 Å². The molecule has 1 amide bonds. The fourth-order valence-electron chi connectivity index (χ4n) is 3.44. The van der Waals surface area contributed by atoms with Crippen molar-refractivity contribution in [1.29, 1.82) is 0 Å². The van der Waals surface area contributed by atoms with Gasteiger partial charge in [0.15, 0.2) is 0 Å². The first-order chi connectivity index (χ1) is 13.2. The van der Waals surface area contributed by atoms with Gasteiger partial charge < -0.3 is 14.2 Å². The zero-order valence-corrected chi connectivity index (χ0v) is 15.4. The lowest BCUT2D eigenvalue weighted by Gasteiger charge is -2.19. The molecule has 1 unspecified atom stereocenters. The Bertz CT molecular complexity index is 949. The van der Waals surface area contributed by atoms with Crippen molar-refractivity contribution in [3.63, 3.8) is 0 Å². The standard InChI is InChI=1S/C21H21N3O3/c1-3-14-6-4-5-7-18(14)24-13-16(12-19(24)25)21-22-20(23-27-21)15-8-10-17(26-2)11-9-15/h4-11,16H,3,12-13H2,1-2H3. The van der Waals surface area contributed by atoms with Gasteiger partial charge in [-0.3, -0.25) is 4.79 Å². The summed E-state index contributed by atoms with van der Waals surface area (Å²) in [4.78, 5) is 19.0. The van der Waals surface area contributed by atoms with Crippen molar-refractivity contribution in [2.75, 3.05) is 18.6 Å². The molecule has 6 heteroatoms. The SMILES string of the molecule is CCc1ccccc1N1CC(c2nc(-c3ccc(OC)cc3)no2)CC1=O. The summed E-state index contributed by atoms with van der Waals surface area (Å²) in [5.74, 6) is 1.79. The van der Waals surface area contributed by atoms with Crippen molar-refractivity contribution in [1.82, 2.24) is 10.1 Å². The smallest absolute Gasteiger partial charge is 0.232 e. The molecule has 2 heterocycles. The molecule has 1 fully saturated rings. The maximum absolute atomic E-state index is 12.6. The molecule has 2 aromatic carbocycles. The average Bonchev–Trinajstić information content (AvgIpc) is 3.35. The van der Waals surface area contributed by atoms with Crippen LogP contribution in [0.15, 0.2) is 53.1 Å². The van der Waals surface area contributed by atoms with Crippen LogP contribution in [0.25, 0.3) is 11.4 Å². The van der Waals surface area contributed by atoms with Crippen LogP contribution in [-0.4, -0.2) is 29.7 Å². The third kappa shape index (κ3) is 3.30. The van der Waals surface area contributed by atoms with E-state index in [1.54, 1.807) is 7.11 Å². The molecule has 0 saturated carbocycles. The van der Waals surface area contributed by atoms with Gasteiger partial charge in [0.2, 0.25) is 17.6 Å². The molecule has 0 N–H and O–H groups in total. The molecule has 0 aliphatic carbocycles. The highest BCUT2D eigenvalue weighted by Crippen LogP contribution is 2.33. The third-order valence-corrected chi connectivity index (χ3v) is 4.93. The van der Waals surface area contributed by atoms with E-state index in [9.17, 15) is 4.79 Å². The molecular weight excluding hydrogens is 342 g/mol. The number of rotatable bonds is 5. The Morgan fingerprint density at radius 3 is 2.70 bits per heavy atom. The molecule has 138 valence electrons. The lowest BCUT2D eigenvalue weighted by molar-refractivity contribution is -0.117. The summed E-state index contributed by atoms with van der Waals surface area (Å²) < 4.78 is 10.6. The van der Waals surface area contributed by atoms with Gasteiger partial charge in [-0.05, 0) is 42.3 Å². The number of methoxy groups -OCH3 is 1. The van der Waals surface area contributed by atoms with Crippen LogP contribution in [0.5, 0.6) is 5.75 Å². The molecule has 1 atom stereocenters. The maximum Gasteiger partial charge on any atom is 0.232 e. The molecule has 0 radical (unpaired) electrons. The molecule has 4 rings (SSSR count). The van der Waals surface area contributed by atoms with E-state index >= 15 is 0 Å². The molecule has 1 saturated heterocycles. The quantitative estimate of drug-likeness (QED) is 0.689. The molecule has 3 aromatic rings. The predicted molar refractivity (Wildman–Crippen MR) is 102 cm³/mol. The number of anilines is 1. The van der Waals surface area contributed by atoms with E-state index in [1.807, 2.05) is 47.4 Å².